The molecule has 1 heterocycles. The van der Waals surface area contributed by atoms with Gasteiger partial charge in [0.15, 0.2) is 0 Å². The molecule has 1 saturated heterocycles. The Morgan fingerprint density at radius 3 is 2.55 bits per heavy atom. The molecule has 5 heteroatoms. The molecule has 1 rings (SSSR count). The third-order valence-corrected chi connectivity index (χ3v) is 4.40. The predicted molar refractivity (Wildman–Crippen MR) is 78.3 cm³/mol. The van der Waals surface area contributed by atoms with E-state index < -0.39 is 11.4 Å². The number of nitrogens with zero attached hydrogens (tertiary/aromatic N) is 1. The molecule has 0 bridgehead atoms. The first-order chi connectivity index (χ1) is 9.55. The van der Waals surface area contributed by atoms with Crippen LogP contribution in [-0.4, -0.2) is 41.5 Å². The van der Waals surface area contributed by atoms with Crippen LogP contribution >= 0.6 is 0 Å². The minimum Gasteiger partial charge on any atom is -0.481 e. The first-order valence-corrected chi connectivity index (χ1v) is 7.77. The van der Waals surface area contributed by atoms with E-state index in [1.165, 1.54) is 0 Å². The number of nitrogens with two attached hydrogens (primary N) is 1. The van der Waals surface area contributed by atoms with Crippen LogP contribution in [-0.2, 0) is 9.59 Å². The topological polar surface area (TPSA) is 83.6 Å². The van der Waals surface area contributed by atoms with E-state index >= 15 is 0 Å². The SMILES string of the molecule is CCC1(C(=O)O)CCCN(C(=O)CCCCCCN)C1. The molecule has 1 amide bonds. The van der Waals surface area contributed by atoms with Crippen molar-refractivity contribution >= 4 is 11.9 Å². The van der Waals surface area contributed by atoms with Crippen molar-refractivity contribution in [3.63, 3.8) is 0 Å². The van der Waals surface area contributed by atoms with E-state index in [-0.39, 0.29) is 5.91 Å². The molecule has 1 fully saturated rings. The minimum absolute atomic E-state index is 0.108. The number of carboxylic acids is 1. The van der Waals surface area contributed by atoms with Crippen LogP contribution in [0.3, 0.4) is 0 Å². The lowest BCUT2D eigenvalue weighted by molar-refractivity contribution is -0.155. The van der Waals surface area contributed by atoms with Gasteiger partial charge in [0, 0.05) is 19.5 Å². The van der Waals surface area contributed by atoms with Crippen molar-refractivity contribution in [3.8, 4) is 0 Å². The largest absolute Gasteiger partial charge is 0.481 e. The normalized spacial score (nSPS) is 22.8. The molecule has 0 radical (unpaired) electrons. The molecule has 1 aliphatic heterocycles. The lowest BCUT2D eigenvalue weighted by Crippen LogP contribution is -2.49. The fraction of sp³-hybridized carbons (Fsp3) is 0.867. The van der Waals surface area contributed by atoms with Crippen molar-refractivity contribution in [2.24, 2.45) is 11.1 Å². The van der Waals surface area contributed by atoms with Crippen LogP contribution in [0, 0.1) is 5.41 Å². The summed E-state index contributed by atoms with van der Waals surface area (Å²) < 4.78 is 0. The van der Waals surface area contributed by atoms with Crippen LogP contribution in [0.25, 0.3) is 0 Å². The Kier molecular flexibility index (Phi) is 6.99. The molecule has 0 aliphatic carbocycles. The van der Waals surface area contributed by atoms with Crippen LogP contribution in [0.15, 0.2) is 0 Å². The Hall–Kier alpha value is -1.10. The molecule has 20 heavy (non-hydrogen) atoms. The lowest BCUT2D eigenvalue weighted by atomic mass is 9.77. The van der Waals surface area contributed by atoms with Gasteiger partial charge in [0.25, 0.3) is 0 Å². The standard InChI is InChI=1S/C15H28N2O3/c1-2-15(14(19)20)9-7-11-17(12-15)13(18)8-5-3-4-6-10-16/h2-12,16H2,1H3,(H,19,20). The first-order valence-electron chi connectivity index (χ1n) is 7.77. The number of likely N-dealkylation sites (tertiary alicyclic amines) is 1. The van der Waals surface area contributed by atoms with Crippen molar-refractivity contribution in [1.29, 1.82) is 0 Å². The Morgan fingerprint density at radius 2 is 1.95 bits per heavy atom. The molecule has 0 aromatic heterocycles. The lowest BCUT2D eigenvalue weighted by Gasteiger charge is -2.39. The molecule has 116 valence electrons. The van der Waals surface area contributed by atoms with Gasteiger partial charge in [0.2, 0.25) is 5.91 Å². The van der Waals surface area contributed by atoms with E-state index in [0.29, 0.717) is 38.9 Å². The van der Waals surface area contributed by atoms with Gasteiger partial charge in [0.05, 0.1) is 5.41 Å². The molecule has 1 aliphatic rings. The molecule has 1 atom stereocenters. The zero-order valence-corrected chi connectivity index (χ0v) is 12.6. The monoisotopic (exact) mass is 284 g/mol. The molecular weight excluding hydrogens is 256 g/mol. The molecule has 0 saturated carbocycles. The third-order valence-electron chi connectivity index (χ3n) is 4.40. The maximum absolute atomic E-state index is 12.2. The Morgan fingerprint density at radius 1 is 1.25 bits per heavy atom. The van der Waals surface area contributed by atoms with E-state index in [0.717, 1.165) is 32.1 Å². The summed E-state index contributed by atoms with van der Waals surface area (Å²) >= 11 is 0. The van der Waals surface area contributed by atoms with Crippen LogP contribution in [0.2, 0.25) is 0 Å². The van der Waals surface area contributed by atoms with E-state index in [4.69, 9.17) is 5.73 Å². The van der Waals surface area contributed by atoms with Crippen molar-refractivity contribution < 1.29 is 14.7 Å². The van der Waals surface area contributed by atoms with Gasteiger partial charge in [0.1, 0.15) is 0 Å². The third kappa shape index (κ3) is 4.47. The molecule has 0 aromatic carbocycles. The Labute approximate surface area is 121 Å². The number of aliphatic carboxylic acids is 1. The molecule has 3 N–H and O–H groups in total. The maximum atomic E-state index is 12.2. The van der Waals surface area contributed by atoms with Gasteiger partial charge in [-0.15, -0.1) is 0 Å². The summed E-state index contributed by atoms with van der Waals surface area (Å²) in [6, 6.07) is 0. The van der Waals surface area contributed by atoms with E-state index in [1.54, 1.807) is 4.90 Å². The fourth-order valence-electron chi connectivity index (χ4n) is 2.89. The summed E-state index contributed by atoms with van der Waals surface area (Å²) in [5.74, 6) is -0.656. The van der Waals surface area contributed by atoms with Gasteiger partial charge >= 0.3 is 5.97 Å². The number of hydrogen-bond donors (Lipinski definition) is 2. The van der Waals surface area contributed by atoms with Crippen LogP contribution in [0.5, 0.6) is 0 Å². The van der Waals surface area contributed by atoms with Crippen LogP contribution in [0.4, 0.5) is 0 Å². The first kappa shape index (κ1) is 17.0. The molecule has 0 spiro atoms. The number of unbranched alkanes of at least 4 members (excludes halogenated alkanes) is 3. The second-order valence-electron chi connectivity index (χ2n) is 5.81. The molecule has 0 aromatic rings. The summed E-state index contributed by atoms with van der Waals surface area (Å²) in [6.45, 7) is 3.68. The molecule has 5 nitrogen and oxygen atoms in total. The average molecular weight is 284 g/mol. The minimum atomic E-state index is -0.763. The van der Waals surface area contributed by atoms with Crippen LogP contribution < -0.4 is 5.73 Å². The highest BCUT2D eigenvalue weighted by Gasteiger charge is 2.41. The fourth-order valence-corrected chi connectivity index (χ4v) is 2.89. The smallest absolute Gasteiger partial charge is 0.311 e. The summed E-state index contributed by atoms with van der Waals surface area (Å²) in [6.07, 6.45) is 6.56. The number of piperidine rings is 1. The summed E-state index contributed by atoms with van der Waals surface area (Å²) in [4.78, 5) is 25.4. The second-order valence-corrected chi connectivity index (χ2v) is 5.81. The van der Waals surface area contributed by atoms with Gasteiger partial charge in [-0.3, -0.25) is 9.59 Å². The van der Waals surface area contributed by atoms with E-state index in [9.17, 15) is 14.7 Å². The van der Waals surface area contributed by atoms with E-state index in [1.807, 2.05) is 6.92 Å². The van der Waals surface area contributed by atoms with E-state index in [2.05, 4.69) is 0 Å². The summed E-state index contributed by atoms with van der Waals surface area (Å²) in [5, 5.41) is 9.41. The quantitative estimate of drug-likeness (QED) is 0.668. The van der Waals surface area contributed by atoms with Gasteiger partial charge in [-0.05, 0) is 38.6 Å². The number of carboxylic acid groups (broad SMARTS) is 1. The highest BCUT2D eigenvalue weighted by molar-refractivity contribution is 5.79. The van der Waals surface area contributed by atoms with Gasteiger partial charge in [-0.2, -0.15) is 0 Å². The number of carbonyl (C=O) groups excluding carboxylic acids is 1. The highest BCUT2D eigenvalue weighted by atomic mass is 16.4. The number of carbonyl (C=O) groups is 2. The van der Waals surface area contributed by atoms with Crippen molar-refractivity contribution in [3.05, 3.63) is 0 Å². The van der Waals surface area contributed by atoms with Crippen molar-refractivity contribution in [1.82, 2.24) is 4.90 Å². The second kappa shape index (κ2) is 8.25. The van der Waals surface area contributed by atoms with Gasteiger partial charge < -0.3 is 15.7 Å². The maximum Gasteiger partial charge on any atom is 0.311 e. The van der Waals surface area contributed by atoms with Gasteiger partial charge in [-0.25, -0.2) is 0 Å². The Bertz CT molecular complexity index is 333. The van der Waals surface area contributed by atoms with Crippen molar-refractivity contribution in [2.45, 2.75) is 58.3 Å². The molecular formula is C15H28N2O3. The van der Waals surface area contributed by atoms with Gasteiger partial charge in [-0.1, -0.05) is 19.8 Å². The zero-order valence-electron chi connectivity index (χ0n) is 12.6. The number of amides is 1. The highest BCUT2D eigenvalue weighted by Crippen LogP contribution is 2.34. The zero-order chi connectivity index (χ0) is 15.0. The molecule has 1 unspecified atom stereocenters. The average Bonchev–Trinajstić information content (AvgIpc) is 2.46. The van der Waals surface area contributed by atoms with Crippen LogP contribution in [0.1, 0.15) is 58.3 Å². The predicted octanol–water partition coefficient (Wildman–Crippen LogP) is 2.00. The summed E-state index contributed by atoms with van der Waals surface area (Å²) in [5.41, 5.74) is 4.70. The Balaban J connectivity index is 2.42. The summed E-state index contributed by atoms with van der Waals surface area (Å²) in [7, 11) is 0. The number of rotatable bonds is 8. The van der Waals surface area contributed by atoms with Crippen molar-refractivity contribution in [2.75, 3.05) is 19.6 Å². The number of hydrogen-bond acceptors (Lipinski definition) is 3.